The Hall–Kier alpha value is -0.970. The van der Waals surface area contributed by atoms with Gasteiger partial charge in [-0.05, 0) is 26.0 Å². The Labute approximate surface area is 102 Å². The highest BCUT2D eigenvalue weighted by molar-refractivity contribution is 5.11. The molecule has 0 spiro atoms. The van der Waals surface area contributed by atoms with Crippen molar-refractivity contribution in [3.8, 4) is 0 Å². The number of ether oxygens (including phenoxy) is 1. The summed E-state index contributed by atoms with van der Waals surface area (Å²) in [6.45, 7) is 7.29. The average molecular weight is 236 g/mol. The van der Waals surface area contributed by atoms with Crippen molar-refractivity contribution < 1.29 is 9.84 Å². The van der Waals surface area contributed by atoms with Gasteiger partial charge in [0.05, 0.1) is 18.9 Å². The van der Waals surface area contributed by atoms with Crippen LogP contribution in [0.5, 0.6) is 0 Å². The Balaban J connectivity index is 2.13. The van der Waals surface area contributed by atoms with E-state index >= 15 is 0 Å². The summed E-state index contributed by atoms with van der Waals surface area (Å²) in [6, 6.07) is 5.63. The van der Waals surface area contributed by atoms with Crippen LogP contribution >= 0.6 is 0 Å². The highest BCUT2D eigenvalue weighted by atomic mass is 16.5. The van der Waals surface area contributed by atoms with Gasteiger partial charge in [-0.2, -0.15) is 0 Å². The Morgan fingerprint density at radius 3 is 2.65 bits per heavy atom. The first kappa shape index (κ1) is 12.5. The van der Waals surface area contributed by atoms with E-state index in [4.69, 9.17) is 4.74 Å². The van der Waals surface area contributed by atoms with E-state index in [0.717, 1.165) is 32.0 Å². The van der Waals surface area contributed by atoms with Gasteiger partial charge >= 0.3 is 0 Å². The predicted molar refractivity (Wildman–Crippen MR) is 65.7 cm³/mol. The van der Waals surface area contributed by atoms with Gasteiger partial charge in [-0.25, -0.2) is 0 Å². The van der Waals surface area contributed by atoms with Crippen molar-refractivity contribution in [2.45, 2.75) is 25.5 Å². The molecule has 1 saturated heterocycles. The number of nitrogens with zero attached hydrogens (tertiary/aromatic N) is 2. The lowest BCUT2D eigenvalue weighted by Gasteiger charge is -2.43. The van der Waals surface area contributed by atoms with Crippen LogP contribution in [-0.2, 0) is 4.74 Å². The fourth-order valence-corrected chi connectivity index (χ4v) is 2.21. The van der Waals surface area contributed by atoms with E-state index in [1.165, 1.54) is 0 Å². The molecule has 0 radical (unpaired) electrons. The summed E-state index contributed by atoms with van der Waals surface area (Å²) in [5, 5.41) is 10.5. The Morgan fingerprint density at radius 1 is 1.35 bits per heavy atom. The van der Waals surface area contributed by atoms with Gasteiger partial charge in [0, 0.05) is 24.8 Å². The molecule has 2 heterocycles. The molecule has 0 bridgehead atoms. The molecule has 0 amide bonds. The van der Waals surface area contributed by atoms with Crippen molar-refractivity contribution in [2.24, 2.45) is 0 Å². The van der Waals surface area contributed by atoms with Gasteiger partial charge in [0.25, 0.3) is 0 Å². The first-order chi connectivity index (χ1) is 8.12. The number of hydrogen-bond acceptors (Lipinski definition) is 4. The molecule has 1 fully saturated rings. The van der Waals surface area contributed by atoms with E-state index < -0.39 is 6.10 Å². The number of aliphatic hydroxyl groups excluding tert-OH is 1. The minimum absolute atomic E-state index is 0.321. The second-order valence-electron chi connectivity index (χ2n) is 4.91. The maximum atomic E-state index is 10.5. The van der Waals surface area contributed by atoms with Crippen LogP contribution in [-0.4, -0.2) is 46.8 Å². The molecule has 4 heteroatoms. The van der Waals surface area contributed by atoms with Crippen LogP contribution in [0.4, 0.5) is 0 Å². The minimum atomic E-state index is -0.582. The van der Waals surface area contributed by atoms with Crippen LogP contribution in [0.1, 0.15) is 25.6 Å². The van der Waals surface area contributed by atoms with E-state index in [2.05, 4.69) is 23.7 Å². The van der Waals surface area contributed by atoms with E-state index in [1.807, 2.05) is 18.2 Å². The zero-order chi connectivity index (χ0) is 12.3. The highest BCUT2D eigenvalue weighted by Crippen LogP contribution is 2.30. The predicted octanol–water partition coefficient (Wildman–Crippen LogP) is 1.23. The van der Waals surface area contributed by atoms with E-state index in [9.17, 15) is 5.11 Å². The minimum Gasteiger partial charge on any atom is -0.385 e. The molecule has 94 valence electrons. The molecule has 1 atom stereocenters. The lowest BCUT2D eigenvalue weighted by atomic mass is 9.91. The van der Waals surface area contributed by atoms with Gasteiger partial charge in [-0.15, -0.1) is 0 Å². The van der Waals surface area contributed by atoms with E-state index in [1.54, 1.807) is 6.20 Å². The topological polar surface area (TPSA) is 45.6 Å². The molecule has 0 aromatic carbocycles. The first-order valence-corrected chi connectivity index (χ1v) is 6.04. The van der Waals surface area contributed by atoms with Crippen LogP contribution in [0.15, 0.2) is 24.4 Å². The molecule has 1 aromatic heterocycles. The van der Waals surface area contributed by atoms with Crippen LogP contribution in [0.3, 0.4) is 0 Å². The summed E-state index contributed by atoms with van der Waals surface area (Å²) >= 11 is 0. The molecular weight excluding hydrogens is 216 g/mol. The summed E-state index contributed by atoms with van der Waals surface area (Å²) in [4.78, 5) is 6.49. The SMILES string of the molecule is CC(C)(C(O)c1ccccn1)N1CCOCC1. The molecule has 1 unspecified atom stereocenters. The average Bonchev–Trinajstić information content (AvgIpc) is 2.40. The molecule has 1 aliphatic rings. The fraction of sp³-hybridized carbons (Fsp3) is 0.615. The second kappa shape index (κ2) is 5.12. The van der Waals surface area contributed by atoms with Crippen LogP contribution < -0.4 is 0 Å². The first-order valence-electron chi connectivity index (χ1n) is 6.04. The summed E-state index contributed by atoms with van der Waals surface area (Å²) in [5.41, 5.74) is 0.405. The maximum Gasteiger partial charge on any atom is 0.114 e. The fourth-order valence-electron chi connectivity index (χ4n) is 2.21. The van der Waals surface area contributed by atoms with Crippen molar-refractivity contribution in [2.75, 3.05) is 26.3 Å². The van der Waals surface area contributed by atoms with Gasteiger partial charge in [0.1, 0.15) is 6.10 Å². The maximum absolute atomic E-state index is 10.5. The molecule has 2 rings (SSSR count). The highest BCUT2D eigenvalue weighted by Gasteiger charge is 2.36. The standard InChI is InChI=1S/C13H20N2O2/c1-13(2,15-7-9-17-10-8-15)12(16)11-5-3-4-6-14-11/h3-6,12,16H,7-10H2,1-2H3. The molecule has 1 N–H and O–H groups in total. The van der Waals surface area contributed by atoms with Crippen LogP contribution in [0, 0.1) is 0 Å². The molecular formula is C13H20N2O2. The lowest BCUT2D eigenvalue weighted by Crippen LogP contribution is -2.53. The number of pyridine rings is 1. The van der Waals surface area contributed by atoms with Crippen molar-refractivity contribution in [3.05, 3.63) is 30.1 Å². The number of rotatable bonds is 3. The Morgan fingerprint density at radius 2 is 2.06 bits per heavy atom. The lowest BCUT2D eigenvalue weighted by molar-refractivity contribution is -0.0642. The molecule has 4 nitrogen and oxygen atoms in total. The van der Waals surface area contributed by atoms with Gasteiger partial charge in [-0.3, -0.25) is 9.88 Å². The van der Waals surface area contributed by atoms with Crippen LogP contribution in [0.2, 0.25) is 0 Å². The molecule has 1 aliphatic heterocycles. The summed E-state index contributed by atoms with van der Waals surface area (Å²) < 4.78 is 5.34. The second-order valence-corrected chi connectivity index (χ2v) is 4.91. The zero-order valence-electron chi connectivity index (χ0n) is 10.5. The van der Waals surface area contributed by atoms with Crippen molar-refractivity contribution in [3.63, 3.8) is 0 Å². The van der Waals surface area contributed by atoms with Gasteiger partial charge in [-0.1, -0.05) is 6.07 Å². The van der Waals surface area contributed by atoms with Crippen molar-refractivity contribution in [1.29, 1.82) is 0 Å². The van der Waals surface area contributed by atoms with Crippen molar-refractivity contribution in [1.82, 2.24) is 9.88 Å². The number of morpholine rings is 1. The van der Waals surface area contributed by atoms with Gasteiger partial charge < -0.3 is 9.84 Å². The largest absolute Gasteiger partial charge is 0.385 e. The van der Waals surface area contributed by atoms with Gasteiger partial charge in [0.15, 0.2) is 0 Å². The number of hydrogen-bond donors (Lipinski definition) is 1. The Bertz CT molecular complexity index is 348. The zero-order valence-corrected chi connectivity index (χ0v) is 10.5. The third kappa shape index (κ3) is 2.65. The molecule has 1 aromatic rings. The Kier molecular flexibility index (Phi) is 3.76. The summed E-state index contributed by atoms with van der Waals surface area (Å²) in [7, 11) is 0. The van der Waals surface area contributed by atoms with Gasteiger partial charge in [0.2, 0.25) is 0 Å². The van der Waals surface area contributed by atoms with Crippen LogP contribution in [0.25, 0.3) is 0 Å². The molecule has 0 aliphatic carbocycles. The molecule has 17 heavy (non-hydrogen) atoms. The van der Waals surface area contributed by atoms with E-state index in [0.29, 0.717) is 0 Å². The monoisotopic (exact) mass is 236 g/mol. The third-order valence-electron chi connectivity index (χ3n) is 3.46. The molecule has 0 saturated carbocycles. The summed E-state index contributed by atoms with van der Waals surface area (Å²) in [6.07, 6.45) is 1.13. The smallest absolute Gasteiger partial charge is 0.114 e. The van der Waals surface area contributed by atoms with Crippen molar-refractivity contribution >= 4 is 0 Å². The summed E-state index contributed by atoms with van der Waals surface area (Å²) in [5.74, 6) is 0. The van der Waals surface area contributed by atoms with E-state index in [-0.39, 0.29) is 5.54 Å². The number of aromatic nitrogens is 1. The third-order valence-corrected chi connectivity index (χ3v) is 3.46. The number of aliphatic hydroxyl groups is 1. The normalized spacial score (nSPS) is 20.2. The quantitative estimate of drug-likeness (QED) is 0.857.